The summed E-state index contributed by atoms with van der Waals surface area (Å²) < 4.78 is 20.9. The van der Waals surface area contributed by atoms with Gasteiger partial charge in [0.15, 0.2) is 0 Å². The minimum Gasteiger partial charge on any atom is -0.502 e. The molecule has 1 aromatic carbocycles. The lowest BCUT2D eigenvalue weighted by Crippen LogP contribution is -2.38. The van der Waals surface area contributed by atoms with E-state index in [1.165, 1.54) is 42.7 Å². The number of nitrogens with one attached hydrogen (secondary N) is 1. The quantitative estimate of drug-likeness (QED) is 0.509. The number of carbonyl (C=O) groups excluding carboxylic acids is 1. The molecule has 0 aliphatic carbocycles. The summed E-state index contributed by atoms with van der Waals surface area (Å²) in [5, 5.41) is 13.1. The molecule has 0 saturated heterocycles. The standard InChI is InChI=1S/C23H23ClFN5O3/c1-3-26-23-27-8-19(24)21(28-23)16-7-20-22(32)30(18(13-33-2)11-29(20)9-16)10-15-6-17(25)5-4-14(15)12-31/h4-9,13,31H,3,10-12H2,1-2H3,(H,26,27,28). The maximum Gasteiger partial charge on any atom is 0.275 e. The predicted octanol–water partition coefficient (Wildman–Crippen LogP) is 3.81. The van der Waals surface area contributed by atoms with Crippen LogP contribution in [-0.2, 0) is 24.4 Å². The van der Waals surface area contributed by atoms with Gasteiger partial charge in [-0.2, -0.15) is 0 Å². The maximum absolute atomic E-state index is 13.9. The first-order chi connectivity index (χ1) is 15.9. The second-order valence-corrected chi connectivity index (χ2v) is 7.88. The van der Waals surface area contributed by atoms with Crippen molar-refractivity contribution in [2.45, 2.75) is 26.6 Å². The van der Waals surface area contributed by atoms with E-state index in [0.717, 1.165) is 0 Å². The number of methoxy groups -OCH3 is 1. The molecule has 2 aromatic heterocycles. The molecule has 1 aliphatic heterocycles. The van der Waals surface area contributed by atoms with Crippen LogP contribution in [0.3, 0.4) is 0 Å². The Bertz CT molecular complexity index is 1230. The molecule has 33 heavy (non-hydrogen) atoms. The number of aliphatic hydroxyl groups excluding tert-OH is 1. The van der Waals surface area contributed by atoms with Gasteiger partial charge in [-0.1, -0.05) is 17.7 Å². The Morgan fingerprint density at radius 3 is 2.88 bits per heavy atom. The van der Waals surface area contributed by atoms with E-state index in [0.29, 0.717) is 57.8 Å². The summed E-state index contributed by atoms with van der Waals surface area (Å²) in [5.41, 5.74) is 3.26. The zero-order valence-corrected chi connectivity index (χ0v) is 18.9. The monoisotopic (exact) mass is 471 g/mol. The largest absolute Gasteiger partial charge is 0.502 e. The summed E-state index contributed by atoms with van der Waals surface area (Å²) in [4.78, 5) is 23.6. The van der Waals surface area contributed by atoms with Crippen molar-refractivity contribution >= 4 is 23.5 Å². The lowest BCUT2D eigenvalue weighted by molar-refractivity contribution is 0.0745. The Labute approximate surface area is 195 Å². The fourth-order valence-electron chi connectivity index (χ4n) is 3.77. The van der Waals surface area contributed by atoms with Gasteiger partial charge in [-0.15, -0.1) is 0 Å². The van der Waals surface area contributed by atoms with Crippen LogP contribution in [0, 0.1) is 5.82 Å². The molecule has 0 atom stereocenters. The number of allylic oxidation sites excluding steroid dienone is 1. The van der Waals surface area contributed by atoms with Crippen LogP contribution in [0.15, 0.2) is 48.6 Å². The Morgan fingerprint density at radius 2 is 2.15 bits per heavy atom. The van der Waals surface area contributed by atoms with Gasteiger partial charge in [-0.25, -0.2) is 14.4 Å². The van der Waals surface area contributed by atoms with E-state index in [1.54, 1.807) is 16.8 Å². The number of halogens is 2. The van der Waals surface area contributed by atoms with Crippen LogP contribution in [0.2, 0.25) is 5.02 Å². The van der Waals surface area contributed by atoms with Crippen LogP contribution in [0.25, 0.3) is 11.3 Å². The molecule has 0 bridgehead atoms. The summed E-state index contributed by atoms with van der Waals surface area (Å²) in [6.45, 7) is 2.76. The van der Waals surface area contributed by atoms with Crippen LogP contribution in [0.4, 0.5) is 10.3 Å². The minimum atomic E-state index is -0.440. The average Bonchev–Trinajstić information content (AvgIpc) is 3.22. The van der Waals surface area contributed by atoms with Gasteiger partial charge in [-0.05, 0) is 36.2 Å². The minimum absolute atomic E-state index is 0.0843. The second-order valence-electron chi connectivity index (χ2n) is 7.47. The number of carbonyl (C=O) groups is 1. The molecule has 3 heterocycles. The second kappa shape index (κ2) is 9.60. The van der Waals surface area contributed by atoms with E-state index in [4.69, 9.17) is 16.3 Å². The third kappa shape index (κ3) is 4.55. The highest BCUT2D eigenvalue weighted by Crippen LogP contribution is 2.32. The van der Waals surface area contributed by atoms with Crippen molar-refractivity contribution in [3.8, 4) is 11.3 Å². The SMILES string of the molecule is CCNc1ncc(Cl)c(-c2cc3n(c2)CC(=COC)N(Cc2cc(F)ccc2CO)C3=O)n1. The van der Waals surface area contributed by atoms with E-state index in [9.17, 15) is 14.3 Å². The number of aromatic nitrogens is 3. The van der Waals surface area contributed by atoms with Crippen molar-refractivity contribution in [3.63, 3.8) is 0 Å². The zero-order chi connectivity index (χ0) is 23.5. The van der Waals surface area contributed by atoms with Gasteiger partial charge < -0.3 is 24.6 Å². The molecule has 1 aliphatic rings. The Morgan fingerprint density at radius 1 is 1.33 bits per heavy atom. The van der Waals surface area contributed by atoms with E-state index in [-0.39, 0.29) is 19.1 Å². The van der Waals surface area contributed by atoms with Crippen molar-refractivity contribution in [1.29, 1.82) is 0 Å². The average molecular weight is 472 g/mol. The number of hydrogen-bond acceptors (Lipinski definition) is 6. The summed E-state index contributed by atoms with van der Waals surface area (Å²) in [6.07, 6.45) is 4.81. The summed E-state index contributed by atoms with van der Waals surface area (Å²) in [5.74, 6) is -0.290. The molecule has 172 valence electrons. The number of hydrogen-bond donors (Lipinski definition) is 2. The normalized spacial score (nSPS) is 14.5. The van der Waals surface area contributed by atoms with E-state index < -0.39 is 5.82 Å². The number of benzene rings is 1. The third-order valence-corrected chi connectivity index (χ3v) is 5.59. The summed E-state index contributed by atoms with van der Waals surface area (Å²) in [6, 6.07) is 5.84. The summed E-state index contributed by atoms with van der Waals surface area (Å²) >= 11 is 6.35. The van der Waals surface area contributed by atoms with Crippen molar-refractivity contribution in [2.24, 2.45) is 0 Å². The fraction of sp³-hybridized carbons (Fsp3) is 0.261. The molecule has 4 rings (SSSR count). The lowest BCUT2D eigenvalue weighted by atomic mass is 10.1. The van der Waals surface area contributed by atoms with Gasteiger partial charge in [0.1, 0.15) is 17.8 Å². The van der Waals surface area contributed by atoms with Crippen molar-refractivity contribution < 1.29 is 19.0 Å². The van der Waals surface area contributed by atoms with Crippen molar-refractivity contribution in [1.82, 2.24) is 19.4 Å². The number of aliphatic hydroxyl groups is 1. The van der Waals surface area contributed by atoms with Crippen LogP contribution in [0.5, 0.6) is 0 Å². The number of amides is 1. The fourth-order valence-corrected chi connectivity index (χ4v) is 3.97. The highest BCUT2D eigenvalue weighted by molar-refractivity contribution is 6.33. The Kier molecular flexibility index (Phi) is 6.62. The number of anilines is 1. The highest BCUT2D eigenvalue weighted by Gasteiger charge is 2.31. The predicted molar refractivity (Wildman–Crippen MR) is 122 cm³/mol. The molecule has 0 fully saturated rings. The van der Waals surface area contributed by atoms with Gasteiger partial charge in [0.2, 0.25) is 5.95 Å². The molecule has 3 aromatic rings. The topological polar surface area (TPSA) is 92.5 Å². The molecule has 0 spiro atoms. The van der Waals surface area contributed by atoms with E-state index in [2.05, 4.69) is 15.3 Å². The van der Waals surface area contributed by atoms with E-state index in [1.807, 2.05) is 6.92 Å². The summed E-state index contributed by atoms with van der Waals surface area (Å²) in [7, 11) is 1.50. The number of fused-ring (bicyclic) bond motifs is 1. The van der Waals surface area contributed by atoms with Crippen molar-refractivity contribution in [2.75, 3.05) is 19.0 Å². The molecule has 0 unspecified atom stereocenters. The molecular formula is C23H23ClFN5O3. The molecule has 8 nitrogen and oxygen atoms in total. The Balaban J connectivity index is 1.73. The van der Waals surface area contributed by atoms with Crippen LogP contribution in [-0.4, -0.2) is 44.1 Å². The first-order valence-electron chi connectivity index (χ1n) is 10.3. The number of ether oxygens (including phenoxy) is 1. The third-order valence-electron chi connectivity index (χ3n) is 5.31. The highest BCUT2D eigenvalue weighted by atomic mass is 35.5. The molecule has 10 heteroatoms. The molecule has 0 radical (unpaired) electrons. The van der Waals surface area contributed by atoms with E-state index >= 15 is 0 Å². The molecule has 2 N–H and O–H groups in total. The van der Waals surface area contributed by atoms with Crippen LogP contribution >= 0.6 is 11.6 Å². The van der Waals surface area contributed by atoms with Crippen LogP contribution < -0.4 is 5.32 Å². The number of rotatable bonds is 7. The van der Waals surface area contributed by atoms with Gasteiger partial charge in [0.25, 0.3) is 5.91 Å². The lowest BCUT2D eigenvalue weighted by Gasteiger charge is -2.31. The van der Waals surface area contributed by atoms with Gasteiger partial charge in [-0.3, -0.25) is 4.79 Å². The Hall–Kier alpha value is -3.43. The molecule has 0 saturated carbocycles. The molecule has 1 amide bonds. The first-order valence-corrected chi connectivity index (χ1v) is 10.7. The van der Waals surface area contributed by atoms with Gasteiger partial charge in [0, 0.05) is 18.3 Å². The van der Waals surface area contributed by atoms with Gasteiger partial charge >= 0.3 is 0 Å². The number of nitrogens with zero attached hydrogens (tertiary/aromatic N) is 4. The molecular weight excluding hydrogens is 449 g/mol. The first kappa shape index (κ1) is 22.8. The smallest absolute Gasteiger partial charge is 0.275 e. The van der Waals surface area contributed by atoms with Crippen LogP contribution in [0.1, 0.15) is 28.5 Å². The van der Waals surface area contributed by atoms with Gasteiger partial charge in [0.05, 0.1) is 49.4 Å². The zero-order valence-electron chi connectivity index (χ0n) is 18.2. The maximum atomic E-state index is 13.9. The van der Waals surface area contributed by atoms with Crippen molar-refractivity contribution in [3.05, 3.63) is 76.3 Å².